The number of hydrogen-bond acceptors (Lipinski definition) is 2. The van der Waals surface area contributed by atoms with Crippen molar-refractivity contribution >= 4 is 11.7 Å². The zero-order chi connectivity index (χ0) is 11.6. The van der Waals surface area contributed by atoms with E-state index in [1.807, 2.05) is 30.3 Å². The Morgan fingerprint density at radius 1 is 1.25 bits per heavy atom. The Morgan fingerprint density at radius 2 is 2.00 bits per heavy atom. The molecule has 4 nitrogen and oxygen atoms in total. The van der Waals surface area contributed by atoms with Gasteiger partial charge in [0.15, 0.2) is 0 Å². The van der Waals surface area contributed by atoms with Crippen molar-refractivity contribution < 1.29 is 9.53 Å². The molecule has 0 unspecified atom stereocenters. The largest absolute Gasteiger partial charge is 0.380 e. The lowest BCUT2D eigenvalue weighted by Crippen LogP contribution is -2.31. The number of benzene rings is 1. The fourth-order valence-corrected chi connectivity index (χ4v) is 1.18. The van der Waals surface area contributed by atoms with Gasteiger partial charge >= 0.3 is 6.03 Å². The molecule has 0 aliphatic heterocycles. The molecule has 1 aromatic rings. The van der Waals surface area contributed by atoms with E-state index in [0.717, 1.165) is 18.7 Å². The quantitative estimate of drug-likeness (QED) is 0.725. The lowest BCUT2D eigenvalue weighted by Gasteiger charge is -2.07. The van der Waals surface area contributed by atoms with Crippen LogP contribution in [0.2, 0.25) is 0 Å². The number of carbonyl (C=O) groups excluding carboxylic acids is 1. The van der Waals surface area contributed by atoms with Crippen molar-refractivity contribution in [2.75, 3.05) is 25.1 Å². The van der Waals surface area contributed by atoms with Gasteiger partial charge in [-0.2, -0.15) is 0 Å². The molecule has 0 aliphatic rings. The minimum atomic E-state index is -0.203. The lowest BCUT2D eigenvalue weighted by molar-refractivity contribution is 0.137. The number of carbonyl (C=O) groups is 1. The standard InChI is InChI=1S/C12H18N2O2/c1-2-9-16-10-8-13-12(15)14-11-6-4-3-5-7-11/h3-7H,2,8-10H2,1H3,(H2,13,14,15). The molecule has 0 aliphatic carbocycles. The lowest BCUT2D eigenvalue weighted by atomic mass is 10.3. The van der Waals surface area contributed by atoms with E-state index in [4.69, 9.17) is 4.74 Å². The normalized spacial score (nSPS) is 9.81. The molecule has 0 radical (unpaired) electrons. The van der Waals surface area contributed by atoms with Crippen LogP contribution >= 0.6 is 0 Å². The van der Waals surface area contributed by atoms with Crippen molar-refractivity contribution in [1.29, 1.82) is 0 Å². The van der Waals surface area contributed by atoms with Crippen molar-refractivity contribution in [2.45, 2.75) is 13.3 Å². The number of rotatable bonds is 6. The summed E-state index contributed by atoms with van der Waals surface area (Å²) in [7, 11) is 0. The molecule has 0 fully saturated rings. The summed E-state index contributed by atoms with van der Waals surface area (Å²) >= 11 is 0. The van der Waals surface area contributed by atoms with Gasteiger partial charge in [-0.1, -0.05) is 25.1 Å². The van der Waals surface area contributed by atoms with Crippen molar-refractivity contribution in [3.63, 3.8) is 0 Å². The Labute approximate surface area is 96.0 Å². The summed E-state index contributed by atoms with van der Waals surface area (Å²) in [5, 5.41) is 5.44. The van der Waals surface area contributed by atoms with E-state index >= 15 is 0 Å². The van der Waals surface area contributed by atoms with Gasteiger partial charge in [0.25, 0.3) is 0 Å². The second-order valence-corrected chi connectivity index (χ2v) is 3.36. The monoisotopic (exact) mass is 222 g/mol. The molecule has 88 valence electrons. The molecule has 0 saturated heterocycles. The molecule has 0 heterocycles. The van der Waals surface area contributed by atoms with Gasteiger partial charge in [-0.25, -0.2) is 4.79 Å². The Morgan fingerprint density at radius 3 is 2.69 bits per heavy atom. The van der Waals surface area contributed by atoms with Gasteiger partial charge in [-0.3, -0.25) is 0 Å². The van der Waals surface area contributed by atoms with Crippen molar-refractivity contribution in [1.82, 2.24) is 5.32 Å². The predicted molar refractivity (Wildman–Crippen MR) is 64.6 cm³/mol. The Bertz CT molecular complexity index is 301. The van der Waals surface area contributed by atoms with E-state index in [1.165, 1.54) is 0 Å². The van der Waals surface area contributed by atoms with Gasteiger partial charge in [0.1, 0.15) is 0 Å². The maximum Gasteiger partial charge on any atom is 0.319 e. The first-order valence-electron chi connectivity index (χ1n) is 5.50. The smallest absolute Gasteiger partial charge is 0.319 e. The summed E-state index contributed by atoms with van der Waals surface area (Å²) in [4.78, 5) is 11.4. The van der Waals surface area contributed by atoms with Crippen LogP contribution in [0.4, 0.5) is 10.5 Å². The number of para-hydroxylation sites is 1. The van der Waals surface area contributed by atoms with E-state index < -0.39 is 0 Å². The van der Waals surface area contributed by atoms with Crippen LogP contribution in [0.1, 0.15) is 13.3 Å². The van der Waals surface area contributed by atoms with Crippen molar-refractivity contribution in [3.8, 4) is 0 Å². The van der Waals surface area contributed by atoms with Crippen LogP contribution < -0.4 is 10.6 Å². The summed E-state index contributed by atoms with van der Waals surface area (Å²) in [6, 6.07) is 9.13. The minimum absolute atomic E-state index is 0.203. The molecule has 0 aromatic heterocycles. The van der Waals surface area contributed by atoms with E-state index in [1.54, 1.807) is 0 Å². The van der Waals surface area contributed by atoms with Gasteiger partial charge < -0.3 is 15.4 Å². The summed E-state index contributed by atoms with van der Waals surface area (Å²) in [5.74, 6) is 0. The van der Waals surface area contributed by atoms with E-state index in [2.05, 4.69) is 17.6 Å². The Kier molecular flexibility index (Phi) is 6.03. The summed E-state index contributed by atoms with van der Waals surface area (Å²) < 4.78 is 5.24. The zero-order valence-electron chi connectivity index (χ0n) is 9.53. The van der Waals surface area contributed by atoms with Crippen LogP contribution in [-0.4, -0.2) is 25.8 Å². The average molecular weight is 222 g/mol. The average Bonchev–Trinajstić information content (AvgIpc) is 2.30. The molecule has 2 amide bonds. The van der Waals surface area contributed by atoms with E-state index in [-0.39, 0.29) is 6.03 Å². The van der Waals surface area contributed by atoms with E-state index in [9.17, 15) is 4.79 Å². The molecule has 0 spiro atoms. The fraction of sp³-hybridized carbons (Fsp3) is 0.417. The Balaban J connectivity index is 2.12. The second kappa shape index (κ2) is 7.70. The first kappa shape index (κ1) is 12.5. The molecule has 2 N–H and O–H groups in total. The number of nitrogens with one attached hydrogen (secondary N) is 2. The first-order chi connectivity index (χ1) is 7.83. The van der Waals surface area contributed by atoms with Crippen molar-refractivity contribution in [2.24, 2.45) is 0 Å². The second-order valence-electron chi connectivity index (χ2n) is 3.36. The van der Waals surface area contributed by atoms with Gasteiger partial charge in [-0.05, 0) is 18.6 Å². The molecule has 1 rings (SSSR count). The number of hydrogen-bond donors (Lipinski definition) is 2. The zero-order valence-corrected chi connectivity index (χ0v) is 9.53. The highest BCUT2D eigenvalue weighted by Gasteiger charge is 1.99. The van der Waals surface area contributed by atoms with Gasteiger partial charge in [0.2, 0.25) is 0 Å². The van der Waals surface area contributed by atoms with Crippen LogP contribution in [0.5, 0.6) is 0 Å². The van der Waals surface area contributed by atoms with Crippen LogP contribution in [0.25, 0.3) is 0 Å². The van der Waals surface area contributed by atoms with Crippen LogP contribution in [0, 0.1) is 0 Å². The third kappa shape index (κ3) is 5.36. The van der Waals surface area contributed by atoms with Crippen LogP contribution in [-0.2, 0) is 4.74 Å². The molecule has 0 bridgehead atoms. The molecule has 0 saturated carbocycles. The maximum atomic E-state index is 11.4. The minimum Gasteiger partial charge on any atom is -0.380 e. The Hall–Kier alpha value is -1.55. The van der Waals surface area contributed by atoms with Crippen LogP contribution in [0.3, 0.4) is 0 Å². The third-order valence-electron chi connectivity index (χ3n) is 1.91. The highest BCUT2D eigenvalue weighted by Crippen LogP contribution is 2.03. The van der Waals surface area contributed by atoms with Gasteiger partial charge in [0, 0.05) is 18.8 Å². The third-order valence-corrected chi connectivity index (χ3v) is 1.91. The number of amides is 2. The van der Waals surface area contributed by atoms with Crippen molar-refractivity contribution in [3.05, 3.63) is 30.3 Å². The SMILES string of the molecule is CCCOCCNC(=O)Nc1ccccc1. The molecule has 16 heavy (non-hydrogen) atoms. The number of ether oxygens (including phenoxy) is 1. The molecule has 4 heteroatoms. The summed E-state index contributed by atoms with van der Waals surface area (Å²) in [6.07, 6.45) is 0.996. The summed E-state index contributed by atoms with van der Waals surface area (Å²) in [6.45, 7) is 3.87. The predicted octanol–water partition coefficient (Wildman–Crippen LogP) is 2.23. The molecular weight excluding hydrogens is 204 g/mol. The molecule has 1 aromatic carbocycles. The molecular formula is C12H18N2O2. The van der Waals surface area contributed by atoms with Gasteiger partial charge in [0.05, 0.1) is 6.61 Å². The maximum absolute atomic E-state index is 11.4. The fourth-order valence-electron chi connectivity index (χ4n) is 1.18. The van der Waals surface area contributed by atoms with Gasteiger partial charge in [-0.15, -0.1) is 0 Å². The number of urea groups is 1. The number of anilines is 1. The van der Waals surface area contributed by atoms with E-state index in [0.29, 0.717) is 13.2 Å². The highest BCUT2D eigenvalue weighted by atomic mass is 16.5. The summed E-state index contributed by atoms with van der Waals surface area (Å²) in [5.41, 5.74) is 0.787. The molecule has 0 atom stereocenters. The first-order valence-corrected chi connectivity index (χ1v) is 5.50. The van der Waals surface area contributed by atoms with Crippen LogP contribution in [0.15, 0.2) is 30.3 Å². The highest BCUT2D eigenvalue weighted by molar-refractivity contribution is 5.89. The topological polar surface area (TPSA) is 50.4 Å².